The second-order valence-corrected chi connectivity index (χ2v) is 7.89. The van der Waals surface area contributed by atoms with Gasteiger partial charge in [0, 0.05) is 34.6 Å². The van der Waals surface area contributed by atoms with Crippen molar-refractivity contribution in [2.45, 2.75) is 5.92 Å². The number of nitrogens with two attached hydrogens (primary N) is 1. The lowest BCUT2D eigenvalue weighted by atomic mass is 9.74. The number of hydrogen-bond donors (Lipinski definition) is 1. The number of anilines is 1. The van der Waals surface area contributed by atoms with Gasteiger partial charge in [0.05, 0.1) is 17.6 Å². The number of halogens is 1. The third-order valence-electron chi connectivity index (χ3n) is 5.24. The van der Waals surface area contributed by atoms with Gasteiger partial charge in [-0.1, -0.05) is 54.2 Å². The number of carbonyl (C=O) groups excluding carboxylic acids is 1. The van der Waals surface area contributed by atoms with Crippen molar-refractivity contribution in [3.05, 3.63) is 107 Å². The summed E-state index contributed by atoms with van der Waals surface area (Å²) in [4.78, 5) is 19.7. The van der Waals surface area contributed by atoms with Gasteiger partial charge in [-0.2, -0.15) is 5.26 Å². The number of aromatic nitrogens is 1. The molecule has 0 fully saturated rings. The highest BCUT2D eigenvalue weighted by atomic mass is 35.5. The van der Waals surface area contributed by atoms with Gasteiger partial charge in [0.2, 0.25) is 0 Å². The molecule has 1 aromatic heterocycles. The van der Waals surface area contributed by atoms with E-state index in [0.717, 1.165) is 5.56 Å². The average molecular weight is 445 g/mol. The van der Waals surface area contributed by atoms with E-state index in [9.17, 15) is 10.1 Å². The van der Waals surface area contributed by atoms with E-state index in [-0.39, 0.29) is 17.2 Å². The Bertz CT molecular complexity index is 1200. The van der Waals surface area contributed by atoms with E-state index in [1.165, 1.54) is 6.20 Å². The zero-order chi connectivity index (χ0) is 22.0. The molecule has 31 heavy (non-hydrogen) atoms. The maximum atomic E-state index is 13.7. The summed E-state index contributed by atoms with van der Waals surface area (Å²) >= 11 is 11.9. The molecule has 0 aliphatic carbocycles. The summed E-state index contributed by atoms with van der Waals surface area (Å²) in [5.41, 5.74) is 8.58. The third-order valence-corrected chi connectivity index (χ3v) is 5.93. The summed E-state index contributed by atoms with van der Waals surface area (Å²) in [5.74, 6) is -1.46. The Morgan fingerprint density at radius 1 is 1.10 bits per heavy atom. The van der Waals surface area contributed by atoms with Crippen LogP contribution in [-0.4, -0.2) is 15.8 Å². The minimum Gasteiger partial charge on any atom is -0.384 e. The molecule has 0 amide bonds. The summed E-state index contributed by atoms with van der Waals surface area (Å²) in [6, 6.07) is 21.9. The van der Waals surface area contributed by atoms with Crippen LogP contribution in [0.15, 0.2) is 90.5 Å². The molecule has 5 nitrogen and oxygen atoms in total. The van der Waals surface area contributed by atoms with Gasteiger partial charge in [0.25, 0.3) is 0 Å². The van der Waals surface area contributed by atoms with E-state index in [0.29, 0.717) is 21.3 Å². The molecule has 0 saturated heterocycles. The number of Topliss-reactive ketones (excluding diaryl/α,β-unsaturated/α-hetero) is 1. The van der Waals surface area contributed by atoms with E-state index in [1.807, 2.05) is 30.3 Å². The first-order valence-electron chi connectivity index (χ1n) is 9.51. The van der Waals surface area contributed by atoms with E-state index >= 15 is 0 Å². The first kappa shape index (κ1) is 20.7. The number of nitrogens with zero attached hydrogens (tertiary/aromatic N) is 3. The molecule has 2 heterocycles. The maximum absolute atomic E-state index is 13.7. The van der Waals surface area contributed by atoms with Crippen LogP contribution in [0.4, 0.5) is 5.69 Å². The van der Waals surface area contributed by atoms with E-state index in [4.69, 9.17) is 29.6 Å². The maximum Gasteiger partial charge on any atom is 0.175 e. The quantitative estimate of drug-likeness (QED) is 0.457. The number of rotatable bonds is 4. The second kappa shape index (κ2) is 8.68. The Balaban J connectivity index is 1.94. The van der Waals surface area contributed by atoms with Crippen LogP contribution in [0.3, 0.4) is 0 Å². The average Bonchev–Trinajstić information content (AvgIpc) is 2.80. The Labute approximate surface area is 190 Å². The van der Waals surface area contributed by atoms with Crippen molar-refractivity contribution in [3.8, 4) is 6.07 Å². The van der Waals surface area contributed by atoms with Crippen LogP contribution in [0, 0.1) is 17.2 Å². The van der Waals surface area contributed by atoms with Crippen molar-refractivity contribution in [2.24, 2.45) is 11.7 Å². The number of carbonyl (C=O) groups is 1. The molecule has 0 spiro atoms. The van der Waals surface area contributed by atoms with E-state index < -0.39 is 11.8 Å². The van der Waals surface area contributed by atoms with Crippen LogP contribution in [0.2, 0.25) is 5.02 Å². The Hall–Kier alpha value is -3.53. The van der Waals surface area contributed by atoms with Crippen LogP contribution < -0.4 is 10.6 Å². The third kappa shape index (κ3) is 3.81. The predicted molar refractivity (Wildman–Crippen MR) is 125 cm³/mol. The van der Waals surface area contributed by atoms with Crippen molar-refractivity contribution in [3.63, 3.8) is 0 Å². The number of thiocarbonyl (C=S) groups is 1. The van der Waals surface area contributed by atoms with Crippen LogP contribution in [0.1, 0.15) is 21.8 Å². The van der Waals surface area contributed by atoms with Gasteiger partial charge in [-0.15, -0.1) is 0 Å². The standard InChI is InChI=1S/C24H17ClN4OS/c25-17-10-8-15(9-11-17)20-19(13-26)23(27)29(18-6-2-1-3-7-18)24(31)21(20)22(30)16-5-4-12-28-14-16/h1-12,14,20-21H,27H2. The van der Waals surface area contributed by atoms with Gasteiger partial charge in [0.1, 0.15) is 10.8 Å². The molecule has 0 bridgehead atoms. The molecule has 2 N–H and O–H groups in total. The van der Waals surface area contributed by atoms with Crippen molar-refractivity contribution in [1.29, 1.82) is 5.26 Å². The molecule has 2 aromatic carbocycles. The van der Waals surface area contributed by atoms with Crippen LogP contribution in [0.5, 0.6) is 0 Å². The van der Waals surface area contributed by atoms with Crippen LogP contribution in [-0.2, 0) is 0 Å². The SMILES string of the molecule is N#CC1=C(N)N(c2ccccc2)C(=S)C(C(=O)c2cccnc2)C1c1ccc(Cl)cc1. The lowest BCUT2D eigenvalue weighted by Crippen LogP contribution is -2.48. The zero-order valence-corrected chi connectivity index (χ0v) is 17.8. The normalized spacial score (nSPS) is 18.6. The van der Waals surface area contributed by atoms with Gasteiger partial charge in [-0.25, -0.2) is 0 Å². The molecule has 2 atom stereocenters. The molecule has 152 valence electrons. The molecule has 1 aliphatic rings. The fourth-order valence-corrected chi connectivity index (χ4v) is 4.37. The second-order valence-electron chi connectivity index (χ2n) is 7.03. The summed E-state index contributed by atoms with van der Waals surface area (Å²) in [7, 11) is 0. The molecule has 7 heteroatoms. The topological polar surface area (TPSA) is 83.0 Å². The number of para-hydroxylation sites is 1. The minimum absolute atomic E-state index is 0.217. The van der Waals surface area contributed by atoms with Gasteiger partial charge < -0.3 is 5.73 Å². The number of pyridine rings is 1. The highest BCUT2D eigenvalue weighted by Gasteiger charge is 2.44. The lowest BCUT2D eigenvalue weighted by molar-refractivity contribution is 0.0945. The summed E-state index contributed by atoms with van der Waals surface area (Å²) in [5, 5.41) is 10.6. The van der Waals surface area contributed by atoms with Crippen LogP contribution >= 0.6 is 23.8 Å². The van der Waals surface area contributed by atoms with Crippen molar-refractivity contribution >= 4 is 40.3 Å². The zero-order valence-electron chi connectivity index (χ0n) is 16.3. The minimum atomic E-state index is -0.817. The number of benzene rings is 2. The molecular weight excluding hydrogens is 428 g/mol. The van der Waals surface area contributed by atoms with Gasteiger partial charge >= 0.3 is 0 Å². The van der Waals surface area contributed by atoms with Crippen LogP contribution in [0.25, 0.3) is 0 Å². The Kier molecular flexibility index (Phi) is 5.81. The molecule has 4 rings (SSSR count). The monoisotopic (exact) mass is 444 g/mol. The molecule has 0 radical (unpaired) electrons. The summed E-state index contributed by atoms with van der Waals surface area (Å²) < 4.78 is 0. The smallest absolute Gasteiger partial charge is 0.175 e. The molecule has 0 saturated carbocycles. The van der Waals surface area contributed by atoms with Crippen molar-refractivity contribution in [2.75, 3.05) is 4.90 Å². The highest BCUT2D eigenvalue weighted by Crippen LogP contribution is 2.42. The Morgan fingerprint density at radius 2 is 1.81 bits per heavy atom. The number of ketones is 1. The predicted octanol–water partition coefficient (Wildman–Crippen LogP) is 4.86. The summed E-state index contributed by atoms with van der Waals surface area (Å²) in [6.45, 7) is 0. The van der Waals surface area contributed by atoms with Crippen molar-refractivity contribution < 1.29 is 4.79 Å². The fourth-order valence-electron chi connectivity index (χ4n) is 3.80. The summed E-state index contributed by atoms with van der Waals surface area (Å²) in [6.07, 6.45) is 3.10. The lowest BCUT2D eigenvalue weighted by Gasteiger charge is -2.39. The highest BCUT2D eigenvalue weighted by molar-refractivity contribution is 7.80. The number of allylic oxidation sites excluding steroid dienone is 1. The van der Waals surface area contributed by atoms with Gasteiger partial charge in [0.15, 0.2) is 5.78 Å². The number of nitriles is 1. The Morgan fingerprint density at radius 3 is 2.42 bits per heavy atom. The number of hydrogen-bond acceptors (Lipinski definition) is 5. The van der Waals surface area contributed by atoms with Crippen molar-refractivity contribution in [1.82, 2.24) is 4.98 Å². The van der Waals surface area contributed by atoms with Gasteiger partial charge in [-0.3, -0.25) is 14.7 Å². The molecule has 2 unspecified atom stereocenters. The first-order chi connectivity index (χ1) is 15.0. The fraction of sp³-hybridized carbons (Fsp3) is 0.0833. The van der Waals surface area contributed by atoms with E-state index in [1.54, 1.807) is 47.5 Å². The molecule has 1 aliphatic heterocycles. The first-order valence-corrected chi connectivity index (χ1v) is 10.3. The largest absolute Gasteiger partial charge is 0.384 e. The van der Waals surface area contributed by atoms with E-state index in [2.05, 4.69) is 11.1 Å². The molecule has 3 aromatic rings. The van der Waals surface area contributed by atoms with Gasteiger partial charge in [-0.05, 0) is 42.0 Å². The molecular formula is C24H17ClN4OS.